The first-order valence-corrected chi connectivity index (χ1v) is 7.32. The Hall–Kier alpha value is -2.96. The van der Waals surface area contributed by atoms with Crippen LogP contribution in [0.2, 0.25) is 0 Å². The van der Waals surface area contributed by atoms with Gasteiger partial charge in [-0.05, 0) is 39.0 Å². The molecule has 1 atom stereocenters. The van der Waals surface area contributed by atoms with Crippen molar-refractivity contribution in [1.29, 1.82) is 0 Å². The molecule has 0 radical (unpaired) electrons. The van der Waals surface area contributed by atoms with Crippen LogP contribution in [-0.4, -0.2) is 30.2 Å². The van der Waals surface area contributed by atoms with Crippen LogP contribution in [0.5, 0.6) is 0 Å². The van der Waals surface area contributed by atoms with E-state index in [2.05, 4.69) is 20.4 Å². The van der Waals surface area contributed by atoms with Gasteiger partial charge < -0.3 is 9.88 Å². The number of carbonyl (C=O) groups excluding carboxylic acids is 1. The molecule has 0 saturated carbocycles. The third-order valence-electron chi connectivity index (χ3n) is 3.59. The molecule has 3 aromatic heterocycles. The number of aromatic nitrogens is 5. The fourth-order valence-corrected chi connectivity index (χ4v) is 2.33. The van der Waals surface area contributed by atoms with Crippen LogP contribution in [0.25, 0.3) is 5.82 Å². The van der Waals surface area contributed by atoms with Crippen LogP contribution in [0.15, 0.2) is 43.1 Å². The molecule has 0 aliphatic heterocycles. The molecule has 0 unspecified atom stereocenters. The SMILES string of the molecule is Cc1cc(C)n(-c2ccc(NC(=O)[C@@H](C)n3ccnc3)cn2)n1. The van der Waals surface area contributed by atoms with Crippen molar-refractivity contribution >= 4 is 11.6 Å². The van der Waals surface area contributed by atoms with E-state index in [1.165, 1.54) is 0 Å². The zero-order chi connectivity index (χ0) is 16.4. The van der Waals surface area contributed by atoms with Crippen LogP contribution in [0.4, 0.5) is 5.69 Å². The lowest BCUT2D eigenvalue weighted by Gasteiger charge is -2.13. The number of pyridine rings is 1. The van der Waals surface area contributed by atoms with E-state index >= 15 is 0 Å². The summed E-state index contributed by atoms with van der Waals surface area (Å²) in [6, 6.07) is 5.30. The normalized spacial score (nSPS) is 12.1. The second-order valence-electron chi connectivity index (χ2n) is 5.42. The van der Waals surface area contributed by atoms with Crippen molar-refractivity contribution in [3.8, 4) is 5.82 Å². The maximum atomic E-state index is 12.2. The maximum absolute atomic E-state index is 12.2. The minimum absolute atomic E-state index is 0.122. The molecule has 0 bridgehead atoms. The van der Waals surface area contributed by atoms with E-state index in [1.54, 1.807) is 34.2 Å². The van der Waals surface area contributed by atoms with Crippen LogP contribution < -0.4 is 5.32 Å². The highest BCUT2D eigenvalue weighted by molar-refractivity contribution is 5.93. The van der Waals surface area contributed by atoms with Crippen molar-refractivity contribution in [3.63, 3.8) is 0 Å². The van der Waals surface area contributed by atoms with Gasteiger partial charge in [-0.1, -0.05) is 0 Å². The largest absolute Gasteiger partial charge is 0.325 e. The third kappa shape index (κ3) is 3.13. The summed E-state index contributed by atoms with van der Waals surface area (Å²) in [5, 5.41) is 7.24. The fraction of sp³-hybridized carbons (Fsp3) is 0.250. The smallest absolute Gasteiger partial charge is 0.247 e. The highest BCUT2D eigenvalue weighted by Gasteiger charge is 2.14. The number of carbonyl (C=O) groups is 1. The molecule has 118 valence electrons. The fourth-order valence-electron chi connectivity index (χ4n) is 2.33. The first-order chi connectivity index (χ1) is 11.0. The molecule has 0 spiro atoms. The summed E-state index contributed by atoms with van der Waals surface area (Å²) >= 11 is 0. The zero-order valence-electron chi connectivity index (χ0n) is 13.3. The molecule has 3 aromatic rings. The van der Waals surface area contributed by atoms with Crippen molar-refractivity contribution in [2.24, 2.45) is 0 Å². The number of amides is 1. The molecular formula is C16H18N6O. The molecule has 0 saturated heterocycles. The van der Waals surface area contributed by atoms with E-state index in [9.17, 15) is 4.79 Å². The lowest BCUT2D eigenvalue weighted by Crippen LogP contribution is -2.23. The number of rotatable bonds is 4. The van der Waals surface area contributed by atoms with Gasteiger partial charge in [-0.15, -0.1) is 0 Å². The minimum atomic E-state index is -0.340. The molecule has 0 fully saturated rings. The van der Waals surface area contributed by atoms with Crippen molar-refractivity contribution in [3.05, 3.63) is 54.5 Å². The van der Waals surface area contributed by atoms with Gasteiger partial charge in [0.1, 0.15) is 6.04 Å². The highest BCUT2D eigenvalue weighted by atomic mass is 16.2. The van der Waals surface area contributed by atoms with Gasteiger partial charge in [0.05, 0.1) is 23.9 Å². The molecule has 0 aliphatic rings. The number of anilines is 1. The number of nitrogens with one attached hydrogen (secondary N) is 1. The zero-order valence-corrected chi connectivity index (χ0v) is 13.3. The van der Waals surface area contributed by atoms with Gasteiger partial charge >= 0.3 is 0 Å². The van der Waals surface area contributed by atoms with Gasteiger partial charge in [-0.2, -0.15) is 5.10 Å². The Morgan fingerprint density at radius 1 is 1.30 bits per heavy atom. The van der Waals surface area contributed by atoms with Gasteiger partial charge in [0.15, 0.2) is 5.82 Å². The quantitative estimate of drug-likeness (QED) is 0.802. The first kappa shape index (κ1) is 15.0. The van der Waals surface area contributed by atoms with Crippen molar-refractivity contribution < 1.29 is 4.79 Å². The molecule has 23 heavy (non-hydrogen) atoms. The van der Waals surface area contributed by atoms with Crippen molar-refractivity contribution in [2.45, 2.75) is 26.8 Å². The lowest BCUT2D eigenvalue weighted by atomic mass is 10.3. The Labute approximate surface area is 134 Å². The average Bonchev–Trinajstić information content (AvgIpc) is 3.17. The number of hydrogen-bond donors (Lipinski definition) is 1. The van der Waals surface area contributed by atoms with Crippen molar-refractivity contribution in [1.82, 2.24) is 24.3 Å². The lowest BCUT2D eigenvalue weighted by molar-refractivity contribution is -0.118. The van der Waals surface area contributed by atoms with E-state index in [4.69, 9.17) is 0 Å². The summed E-state index contributed by atoms with van der Waals surface area (Å²) in [4.78, 5) is 20.5. The van der Waals surface area contributed by atoms with E-state index < -0.39 is 0 Å². The Morgan fingerprint density at radius 3 is 2.70 bits per heavy atom. The number of aryl methyl sites for hydroxylation is 2. The van der Waals surface area contributed by atoms with Gasteiger partial charge in [-0.3, -0.25) is 4.79 Å². The summed E-state index contributed by atoms with van der Waals surface area (Å²) in [7, 11) is 0. The Bertz CT molecular complexity index is 804. The molecule has 7 nitrogen and oxygen atoms in total. The summed E-state index contributed by atoms with van der Waals surface area (Å²) in [6.07, 6.45) is 6.65. The molecule has 0 aliphatic carbocycles. The molecule has 1 amide bonds. The van der Waals surface area contributed by atoms with Crippen LogP contribution >= 0.6 is 0 Å². The second kappa shape index (κ2) is 6.04. The van der Waals surface area contributed by atoms with Crippen LogP contribution in [0, 0.1) is 13.8 Å². The standard InChI is InChI=1S/C16H18N6O/c1-11-8-12(2)22(20-11)15-5-4-14(9-18-15)19-16(23)13(3)21-7-6-17-10-21/h4-10,13H,1-3H3,(H,19,23)/t13-/m1/s1. The predicted octanol–water partition coefficient (Wildman–Crippen LogP) is 2.28. The summed E-state index contributed by atoms with van der Waals surface area (Å²) in [6.45, 7) is 5.73. The summed E-state index contributed by atoms with van der Waals surface area (Å²) in [5.41, 5.74) is 2.60. The van der Waals surface area contributed by atoms with Gasteiger partial charge in [0.2, 0.25) is 5.91 Å². The molecule has 1 N–H and O–H groups in total. The minimum Gasteiger partial charge on any atom is -0.325 e. The Kier molecular flexibility index (Phi) is 3.92. The van der Waals surface area contributed by atoms with Crippen LogP contribution in [0.1, 0.15) is 24.4 Å². The van der Waals surface area contributed by atoms with Crippen LogP contribution in [-0.2, 0) is 4.79 Å². The van der Waals surface area contributed by atoms with E-state index in [1.807, 2.05) is 39.0 Å². The second-order valence-corrected chi connectivity index (χ2v) is 5.42. The number of nitrogens with zero attached hydrogens (tertiary/aromatic N) is 5. The van der Waals surface area contributed by atoms with E-state index in [-0.39, 0.29) is 11.9 Å². The Balaban J connectivity index is 1.73. The van der Waals surface area contributed by atoms with Crippen molar-refractivity contribution in [2.75, 3.05) is 5.32 Å². The Morgan fingerprint density at radius 2 is 2.13 bits per heavy atom. The number of hydrogen-bond acceptors (Lipinski definition) is 4. The number of imidazole rings is 1. The topological polar surface area (TPSA) is 77.6 Å². The molecule has 0 aromatic carbocycles. The molecule has 3 heterocycles. The highest BCUT2D eigenvalue weighted by Crippen LogP contribution is 2.14. The summed E-state index contributed by atoms with van der Waals surface area (Å²) < 4.78 is 3.52. The maximum Gasteiger partial charge on any atom is 0.247 e. The predicted molar refractivity (Wildman–Crippen MR) is 86.4 cm³/mol. The van der Waals surface area contributed by atoms with E-state index in [0.29, 0.717) is 5.69 Å². The summed E-state index contributed by atoms with van der Waals surface area (Å²) in [5.74, 6) is 0.597. The molecule has 3 rings (SSSR count). The van der Waals surface area contributed by atoms with Gasteiger partial charge in [0, 0.05) is 18.1 Å². The first-order valence-electron chi connectivity index (χ1n) is 7.32. The van der Waals surface area contributed by atoms with Gasteiger partial charge in [0.25, 0.3) is 0 Å². The average molecular weight is 310 g/mol. The van der Waals surface area contributed by atoms with Gasteiger partial charge in [-0.25, -0.2) is 14.6 Å². The van der Waals surface area contributed by atoms with Crippen LogP contribution in [0.3, 0.4) is 0 Å². The van der Waals surface area contributed by atoms with E-state index in [0.717, 1.165) is 17.2 Å². The molecular weight excluding hydrogens is 292 g/mol. The molecule has 7 heteroatoms. The monoisotopic (exact) mass is 310 g/mol. The third-order valence-corrected chi connectivity index (χ3v) is 3.59.